The normalized spacial score (nSPS) is 18.3. The maximum Gasteiger partial charge on any atom is 0.240 e. The van der Waals surface area contributed by atoms with Crippen LogP contribution in [0.15, 0.2) is 24.3 Å². The summed E-state index contributed by atoms with van der Waals surface area (Å²) in [7, 11) is 0. The molecule has 0 aromatic heterocycles. The van der Waals surface area contributed by atoms with Crippen molar-refractivity contribution in [3.05, 3.63) is 35.4 Å². The molecule has 116 valence electrons. The molecule has 4 heteroatoms. The number of amides is 1. The fraction of sp³-hybridized carbons (Fsp3) is 0.588. The Morgan fingerprint density at radius 2 is 2.05 bits per heavy atom. The van der Waals surface area contributed by atoms with E-state index in [1.165, 1.54) is 11.1 Å². The summed E-state index contributed by atoms with van der Waals surface area (Å²) < 4.78 is 5.28. The Morgan fingerprint density at radius 3 is 2.67 bits per heavy atom. The molecule has 1 fully saturated rings. The van der Waals surface area contributed by atoms with Gasteiger partial charge in [-0.05, 0) is 25.3 Å². The molecule has 21 heavy (non-hydrogen) atoms. The third-order valence-corrected chi connectivity index (χ3v) is 4.33. The molecule has 4 nitrogen and oxygen atoms in total. The smallest absolute Gasteiger partial charge is 0.240 e. The number of benzene rings is 1. The first-order valence-electron chi connectivity index (χ1n) is 7.56. The van der Waals surface area contributed by atoms with Crippen LogP contribution >= 0.6 is 0 Å². The molecular formula is C17H26N2O2. The van der Waals surface area contributed by atoms with Crippen LogP contribution in [0.5, 0.6) is 0 Å². The second-order valence-corrected chi connectivity index (χ2v) is 6.70. The van der Waals surface area contributed by atoms with E-state index in [9.17, 15) is 4.79 Å². The summed E-state index contributed by atoms with van der Waals surface area (Å²) in [6, 6.07) is 8.40. The van der Waals surface area contributed by atoms with E-state index in [2.05, 4.69) is 50.4 Å². The summed E-state index contributed by atoms with van der Waals surface area (Å²) in [6.07, 6.45) is 1.17. The van der Waals surface area contributed by atoms with Crippen molar-refractivity contribution in [2.24, 2.45) is 5.73 Å². The zero-order chi connectivity index (χ0) is 15.5. The summed E-state index contributed by atoms with van der Waals surface area (Å²) in [5.74, 6) is -0.0634. The van der Waals surface area contributed by atoms with Gasteiger partial charge in [0.2, 0.25) is 5.91 Å². The fourth-order valence-electron chi connectivity index (χ4n) is 2.61. The minimum atomic E-state index is -0.777. The molecule has 0 atom stereocenters. The number of rotatable bonds is 4. The van der Waals surface area contributed by atoms with E-state index in [4.69, 9.17) is 10.5 Å². The van der Waals surface area contributed by atoms with Gasteiger partial charge in [-0.15, -0.1) is 0 Å². The molecule has 1 aromatic carbocycles. The van der Waals surface area contributed by atoms with E-state index >= 15 is 0 Å². The van der Waals surface area contributed by atoms with Crippen LogP contribution in [0.3, 0.4) is 0 Å². The van der Waals surface area contributed by atoms with Crippen molar-refractivity contribution in [3.8, 4) is 0 Å². The van der Waals surface area contributed by atoms with Gasteiger partial charge in [-0.1, -0.05) is 43.7 Å². The number of hydrogen-bond acceptors (Lipinski definition) is 3. The highest BCUT2D eigenvalue weighted by molar-refractivity contribution is 5.86. The van der Waals surface area contributed by atoms with Gasteiger partial charge in [-0.3, -0.25) is 4.79 Å². The summed E-state index contributed by atoms with van der Waals surface area (Å²) in [4.78, 5) is 12.4. The average Bonchev–Trinajstić information content (AvgIpc) is 2.45. The van der Waals surface area contributed by atoms with E-state index in [-0.39, 0.29) is 11.3 Å². The van der Waals surface area contributed by atoms with Crippen LogP contribution in [-0.4, -0.2) is 31.2 Å². The standard InChI is InChI=1S/C17H26N2O2/c1-13-5-4-6-14(11-13)16(2,3)12-19-15(20)17(18)7-9-21-10-8-17/h4-6,11H,7-10,12,18H2,1-3H3,(H,19,20). The first-order chi connectivity index (χ1) is 9.83. The molecule has 0 bridgehead atoms. The van der Waals surface area contributed by atoms with Crippen molar-refractivity contribution in [1.82, 2.24) is 5.32 Å². The summed E-state index contributed by atoms with van der Waals surface area (Å²) in [5.41, 5.74) is 7.76. The molecule has 1 aromatic rings. The van der Waals surface area contributed by atoms with Crippen molar-refractivity contribution in [3.63, 3.8) is 0 Å². The molecule has 2 rings (SSSR count). The zero-order valence-corrected chi connectivity index (χ0v) is 13.2. The summed E-state index contributed by atoms with van der Waals surface area (Å²) >= 11 is 0. The lowest BCUT2D eigenvalue weighted by Crippen LogP contribution is -2.58. The molecule has 0 radical (unpaired) electrons. The average molecular weight is 290 g/mol. The minimum absolute atomic E-state index is 0.0634. The molecule has 0 saturated carbocycles. The Labute approximate surface area is 127 Å². The Bertz CT molecular complexity index is 505. The molecule has 0 unspecified atom stereocenters. The van der Waals surface area contributed by atoms with Gasteiger partial charge in [0.15, 0.2) is 0 Å². The second-order valence-electron chi connectivity index (χ2n) is 6.70. The Hall–Kier alpha value is -1.39. The molecule has 1 heterocycles. The summed E-state index contributed by atoms with van der Waals surface area (Å²) in [6.45, 7) is 8.05. The maximum absolute atomic E-state index is 12.4. The molecule has 1 saturated heterocycles. The minimum Gasteiger partial charge on any atom is -0.381 e. The Balaban J connectivity index is 1.99. The van der Waals surface area contributed by atoms with Gasteiger partial charge in [0, 0.05) is 25.2 Å². The lowest BCUT2D eigenvalue weighted by atomic mass is 9.83. The number of ether oxygens (including phenoxy) is 1. The van der Waals surface area contributed by atoms with Crippen molar-refractivity contribution in [1.29, 1.82) is 0 Å². The molecular weight excluding hydrogens is 264 g/mol. The summed E-state index contributed by atoms with van der Waals surface area (Å²) in [5, 5.41) is 3.03. The predicted molar refractivity (Wildman–Crippen MR) is 84.2 cm³/mol. The first kappa shape index (κ1) is 16.0. The molecule has 1 aliphatic heterocycles. The van der Waals surface area contributed by atoms with Crippen LogP contribution in [0.1, 0.15) is 37.8 Å². The van der Waals surface area contributed by atoms with Gasteiger partial charge < -0.3 is 15.8 Å². The number of nitrogens with one attached hydrogen (secondary N) is 1. The number of aryl methyl sites for hydroxylation is 1. The van der Waals surface area contributed by atoms with Gasteiger partial charge in [-0.2, -0.15) is 0 Å². The van der Waals surface area contributed by atoms with Gasteiger partial charge in [0.05, 0.1) is 5.54 Å². The van der Waals surface area contributed by atoms with Crippen LogP contribution in [0.2, 0.25) is 0 Å². The lowest BCUT2D eigenvalue weighted by molar-refractivity contribution is -0.130. The topological polar surface area (TPSA) is 64.4 Å². The van der Waals surface area contributed by atoms with Gasteiger partial charge in [-0.25, -0.2) is 0 Å². The van der Waals surface area contributed by atoms with E-state index in [0.29, 0.717) is 32.6 Å². The molecule has 0 spiro atoms. The number of hydrogen-bond donors (Lipinski definition) is 2. The molecule has 0 aliphatic carbocycles. The third kappa shape index (κ3) is 3.83. The highest BCUT2D eigenvalue weighted by Crippen LogP contribution is 2.24. The lowest BCUT2D eigenvalue weighted by Gasteiger charge is -2.34. The Morgan fingerprint density at radius 1 is 1.38 bits per heavy atom. The van der Waals surface area contributed by atoms with Gasteiger partial charge in [0.1, 0.15) is 0 Å². The Kier molecular flexibility index (Phi) is 4.69. The van der Waals surface area contributed by atoms with Crippen molar-refractivity contribution >= 4 is 5.91 Å². The number of carbonyl (C=O) groups excluding carboxylic acids is 1. The van der Waals surface area contributed by atoms with Crippen LogP contribution in [0.25, 0.3) is 0 Å². The second kappa shape index (κ2) is 6.16. The number of carbonyl (C=O) groups is 1. The van der Waals surface area contributed by atoms with Crippen LogP contribution < -0.4 is 11.1 Å². The third-order valence-electron chi connectivity index (χ3n) is 4.33. The van der Waals surface area contributed by atoms with E-state index in [1.807, 2.05) is 0 Å². The first-order valence-corrected chi connectivity index (χ1v) is 7.56. The van der Waals surface area contributed by atoms with Gasteiger partial charge >= 0.3 is 0 Å². The zero-order valence-electron chi connectivity index (χ0n) is 13.2. The van der Waals surface area contributed by atoms with Crippen molar-refractivity contribution in [2.75, 3.05) is 19.8 Å². The van der Waals surface area contributed by atoms with Crippen LogP contribution in [0, 0.1) is 6.92 Å². The molecule has 1 aliphatic rings. The molecule has 1 amide bonds. The predicted octanol–water partition coefficient (Wildman–Crippen LogP) is 1.90. The molecule has 3 N–H and O–H groups in total. The largest absolute Gasteiger partial charge is 0.381 e. The SMILES string of the molecule is Cc1cccc(C(C)(C)CNC(=O)C2(N)CCOCC2)c1. The van der Waals surface area contributed by atoms with Crippen molar-refractivity contribution in [2.45, 2.75) is 44.6 Å². The van der Waals surface area contributed by atoms with E-state index < -0.39 is 5.54 Å². The number of nitrogens with two attached hydrogens (primary N) is 1. The maximum atomic E-state index is 12.4. The highest BCUT2D eigenvalue weighted by atomic mass is 16.5. The fourth-order valence-corrected chi connectivity index (χ4v) is 2.61. The highest BCUT2D eigenvalue weighted by Gasteiger charge is 2.36. The van der Waals surface area contributed by atoms with E-state index in [1.54, 1.807) is 0 Å². The quantitative estimate of drug-likeness (QED) is 0.890. The van der Waals surface area contributed by atoms with E-state index in [0.717, 1.165) is 0 Å². The van der Waals surface area contributed by atoms with Crippen LogP contribution in [0.4, 0.5) is 0 Å². The van der Waals surface area contributed by atoms with Crippen LogP contribution in [-0.2, 0) is 14.9 Å². The van der Waals surface area contributed by atoms with Crippen molar-refractivity contribution < 1.29 is 9.53 Å². The monoisotopic (exact) mass is 290 g/mol. The van der Waals surface area contributed by atoms with Gasteiger partial charge in [0.25, 0.3) is 0 Å².